The molecule has 2 aromatic rings. The van der Waals surface area contributed by atoms with Crippen molar-refractivity contribution in [3.05, 3.63) is 64.5 Å². The molecule has 1 aromatic carbocycles. The number of aliphatic hydroxyl groups is 1. The quantitative estimate of drug-likeness (QED) is 0.918. The molecule has 1 unspecified atom stereocenters. The second-order valence-corrected chi connectivity index (χ2v) is 5.84. The van der Waals surface area contributed by atoms with E-state index in [0.717, 1.165) is 17.7 Å². The van der Waals surface area contributed by atoms with Gasteiger partial charge in [-0.3, -0.25) is 4.98 Å². The van der Waals surface area contributed by atoms with E-state index in [1.54, 1.807) is 0 Å². The number of aryl methyl sites for hydroxylation is 3. The van der Waals surface area contributed by atoms with Gasteiger partial charge in [0.05, 0.1) is 5.60 Å². The molecule has 1 N–H and O–H groups in total. The Balaban J connectivity index is 2.24. The van der Waals surface area contributed by atoms with E-state index in [-0.39, 0.29) is 0 Å². The number of aromatic nitrogens is 1. The van der Waals surface area contributed by atoms with E-state index in [1.165, 1.54) is 16.7 Å². The Morgan fingerprint density at radius 3 is 2.25 bits per heavy atom. The smallest absolute Gasteiger partial charge is 0.0923 e. The molecule has 0 saturated heterocycles. The molecule has 2 rings (SSSR count). The van der Waals surface area contributed by atoms with E-state index in [0.29, 0.717) is 6.42 Å². The van der Waals surface area contributed by atoms with Gasteiger partial charge in [0.25, 0.3) is 0 Å². The van der Waals surface area contributed by atoms with Crippen molar-refractivity contribution in [3.8, 4) is 0 Å². The van der Waals surface area contributed by atoms with Crippen molar-refractivity contribution in [1.29, 1.82) is 0 Å². The molecule has 0 radical (unpaired) electrons. The summed E-state index contributed by atoms with van der Waals surface area (Å²) in [7, 11) is 0. The summed E-state index contributed by atoms with van der Waals surface area (Å²) in [6.45, 7) is 8.08. The third kappa shape index (κ3) is 3.45. The fourth-order valence-corrected chi connectivity index (χ4v) is 2.51. The fraction of sp³-hybridized carbons (Fsp3) is 0.389. The van der Waals surface area contributed by atoms with Crippen LogP contribution >= 0.6 is 0 Å². The minimum Gasteiger partial charge on any atom is -0.385 e. The first-order valence-corrected chi connectivity index (χ1v) is 7.15. The van der Waals surface area contributed by atoms with Gasteiger partial charge in [0, 0.05) is 18.3 Å². The molecule has 2 heteroatoms. The second-order valence-electron chi connectivity index (χ2n) is 5.84. The molecule has 0 amide bonds. The van der Waals surface area contributed by atoms with Crippen LogP contribution in [0.5, 0.6) is 0 Å². The predicted octanol–water partition coefficient (Wildman–Crippen LogP) is 3.71. The third-order valence-electron chi connectivity index (χ3n) is 3.66. The van der Waals surface area contributed by atoms with Crippen LogP contribution in [0.4, 0.5) is 0 Å². The first-order valence-electron chi connectivity index (χ1n) is 7.15. The van der Waals surface area contributed by atoms with Crippen LogP contribution in [0.1, 0.15) is 41.8 Å². The maximum absolute atomic E-state index is 10.8. The van der Waals surface area contributed by atoms with Gasteiger partial charge < -0.3 is 5.11 Å². The molecule has 1 aromatic heterocycles. The summed E-state index contributed by atoms with van der Waals surface area (Å²) in [5.74, 6) is 0. The lowest BCUT2D eigenvalue weighted by Gasteiger charge is -2.24. The topological polar surface area (TPSA) is 33.1 Å². The molecule has 0 aliphatic heterocycles. The van der Waals surface area contributed by atoms with Crippen LogP contribution in [-0.4, -0.2) is 10.1 Å². The average molecular weight is 269 g/mol. The van der Waals surface area contributed by atoms with E-state index in [2.05, 4.69) is 37.9 Å². The van der Waals surface area contributed by atoms with Crippen molar-refractivity contribution in [2.75, 3.05) is 0 Å². The number of benzene rings is 1. The molecule has 0 bridgehead atoms. The number of rotatable bonds is 4. The minimum absolute atomic E-state index is 0.528. The molecule has 0 fully saturated rings. The highest BCUT2D eigenvalue weighted by molar-refractivity contribution is 5.33. The zero-order chi connectivity index (χ0) is 14.8. The monoisotopic (exact) mass is 269 g/mol. The molecular formula is C18H23NO. The van der Waals surface area contributed by atoms with Gasteiger partial charge in [-0.15, -0.1) is 0 Å². The van der Waals surface area contributed by atoms with Gasteiger partial charge in [0.2, 0.25) is 0 Å². The van der Waals surface area contributed by atoms with Gasteiger partial charge in [-0.05, 0) is 44.4 Å². The highest BCUT2D eigenvalue weighted by Gasteiger charge is 2.24. The Labute approximate surface area is 121 Å². The van der Waals surface area contributed by atoms with Crippen molar-refractivity contribution in [2.45, 2.75) is 46.1 Å². The molecule has 1 atom stereocenters. The van der Waals surface area contributed by atoms with Gasteiger partial charge in [-0.1, -0.05) is 42.3 Å². The van der Waals surface area contributed by atoms with Gasteiger partial charge in [-0.25, -0.2) is 0 Å². The van der Waals surface area contributed by atoms with Crippen molar-refractivity contribution in [1.82, 2.24) is 4.98 Å². The lowest BCUT2D eigenvalue weighted by Crippen LogP contribution is -2.25. The Hall–Kier alpha value is -1.67. The SMILES string of the molecule is CCc1ccc(CC(C)(O)c2cc(C)cc(C)c2)nc1. The van der Waals surface area contributed by atoms with Crippen molar-refractivity contribution < 1.29 is 5.11 Å². The van der Waals surface area contributed by atoms with Crippen molar-refractivity contribution in [2.24, 2.45) is 0 Å². The highest BCUT2D eigenvalue weighted by Crippen LogP contribution is 2.26. The lowest BCUT2D eigenvalue weighted by molar-refractivity contribution is 0.0565. The van der Waals surface area contributed by atoms with Gasteiger partial charge >= 0.3 is 0 Å². The maximum atomic E-state index is 10.8. The van der Waals surface area contributed by atoms with E-state index in [1.807, 2.05) is 31.3 Å². The molecule has 0 aliphatic rings. The highest BCUT2D eigenvalue weighted by atomic mass is 16.3. The summed E-state index contributed by atoms with van der Waals surface area (Å²) in [4.78, 5) is 4.45. The summed E-state index contributed by atoms with van der Waals surface area (Å²) >= 11 is 0. The minimum atomic E-state index is -0.891. The molecule has 20 heavy (non-hydrogen) atoms. The van der Waals surface area contributed by atoms with Crippen molar-refractivity contribution in [3.63, 3.8) is 0 Å². The molecule has 0 aliphatic carbocycles. The maximum Gasteiger partial charge on any atom is 0.0923 e. The Kier molecular flexibility index (Phi) is 4.24. The molecule has 0 spiro atoms. The van der Waals surface area contributed by atoms with Gasteiger partial charge in [-0.2, -0.15) is 0 Å². The zero-order valence-corrected chi connectivity index (χ0v) is 12.8. The largest absolute Gasteiger partial charge is 0.385 e. The summed E-state index contributed by atoms with van der Waals surface area (Å²) in [5, 5.41) is 10.8. The Morgan fingerprint density at radius 1 is 1.10 bits per heavy atom. The number of hydrogen-bond donors (Lipinski definition) is 1. The predicted molar refractivity (Wildman–Crippen MR) is 82.8 cm³/mol. The first kappa shape index (κ1) is 14.7. The molecule has 0 saturated carbocycles. The van der Waals surface area contributed by atoms with Gasteiger partial charge in [0.15, 0.2) is 0 Å². The number of pyridine rings is 1. The summed E-state index contributed by atoms with van der Waals surface area (Å²) in [5.41, 5.74) is 4.56. The molecule has 2 nitrogen and oxygen atoms in total. The lowest BCUT2D eigenvalue weighted by atomic mass is 9.89. The van der Waals surface area contributed by atoms with Crippen LogP contribution in [0.3, 0.4) is 0 Å². The first-order chi connectivity index (χ1) is 9.40. The normalized spacial score (nSPS) is 14.1. The van der Waals surface area contributed by atoms with E-state index < -0.39 is 5.60 Å². The second kappa shape index (κ2) is 5.76. The third-order valence-corrected chi connectivity index (χ3v) is 3.66. The van der Waals surface area contributed by atoms with E-state index in [9.17, 15) is 5.11 Å². The van der Waals surface area contributed by atoms with Crippen LogP contribution in [0.15, 0.2) is 36.5 Å². The van der Waals surface area contributed by atoms with E-state index >= 15 is 0 Å². The average Bonchev–Trinajstić information content (AvgIpc) is 2.38. The summed E-state index contributed by atoms with van der Waals surface area (Å²) < 4.78 is 0. The van der Waals surface area contributed by atoms with E-state index in [4.69, 9.17) is 0 Å². The summed E-state index contributed by atoms with van der Waals surface area (Å²) in [6, 6.07) is 10.3. The molecular weight excluding hydrogens is 246 g/mol. The summed E-state index contributed by atoms with van der Waals surface area (Å²) in [6.07, 6.45) is 3.41. The van der Waals surface area contributed by atoms with Gasteiger partial charge in [0.1, 0.15) is 0 Å². The Morgan fingerprint density at radius 2 is 1.75 bits per heavy atom. The zero-order valence-electron chi connectivity index (χ0n) is 12.8. The molecule has 1 heterocycles. The fourth-order valence-electron chi connectivity index (χ4n) is 2.51. The molecule has 106 valence electrons. The Bertz CT molecular complexity index is 565. The van der Waals surface area contributed by atoms with Crippen LogP contribution in [0.25, 0.3) is 0 Å². The van der Waals surface area contributed by atoms with Crippen LogP contribution in [0.2, 0.25) is 0 Å². The standard InChI is InChI=1S/C18H23NO/c1-5-15-6-7-17(19-12-15)11-18(4,20)16-9-13(2)8-14(3)10-16/h6-10,12,20H,5,11H2,1-4H3. The number of nitrogens with zero attached hydrogens (tertiary/aromatic N) is 1. The van der Waals surface area contributed by atoms with Crippen LogP contribution in [0, 0.1) is 13.8 Å². The number of hydrogen-bond acceptors (Lipinski definition) is 2. The van der Waals surface area contributed by atoms with Crippen LogP contribution in [-0.2, 0) is 18.4 Å². The van der Waals surface area contributed by atoms with Crippen molar-refractivity contribution >= 4 is 0 Å². The van der Waals surface area contributed by atoms with Crippen LogP contribution < -0.4 is 0 Å².